The van der Waals surface area contributed by atoms with E-state index in [-0.39, 0.29) is 0 Å². The van der Waals surface area contributed by atoms with Crippen molar-refractivity contribution in [3.05, 3.63) is 70.8 Å². The van der Waals surface area contributed by atoms with Crippen molar-refractivity contribution in [1.29, 1.82) is 0 Å². The minimum absolute atomic E-state index is 0.647. The van der Waals surface area contributed by atoms with Crippen LogP contribution in [0.1, 0.15) is 59.8 Å². The van der Waals surface area contributed by atoms with Gasteiger partial charge in [-0.2, -0.15) is 0 Å². The Labute approximate surface area is 155 Å². The highest BCUT2D eigenvalue weighted by Gasteiger charge is 2.44. The molecule has 2 unspecified atom stereocenters. The number of hydrogen-bond donors (Lipinski definition) is 0. The van der Waals surface area contributed by atoms with Crippen LogP contribution in [-0.2, 0) is 4.84 Å². The fourth-order valence-electron chi connectivity index (χ4n) is 4.66. The Balaban J connectivity index is 1.41. The number of nitrogens with zero attached hydrogens (tertiary/aromatic N) is 2. The van der Waals surface area contributed by atoms with Gasteiger partial charge >= 0.3 is 0 Å². The fraction of sp³-hybridized carbons (Fsp3) is 0.435. The molecule has 2 atom stereocenters. The van der Waals surface area contributed by atoms with Crippen molar-refractivity contribution in [2.75, 3.05) is 26.2 Å². The molecule has 0 N–H and O–H groups in total. The van der Waals surface area contributed by atoms with Gasteiger partial charge in [-0.25, -0.2) is 0 Å². The second-order valence-corrected chi connectivity index (χ2v) is 7.80. The summed E-state index contributed by atoms with van der Waals surface area (Å²) >= 11 is 0. The Morgan fingerprint density at radius 2 is 1.46 bits per heavy atom. The van der Waals surface area contributed by atoms with Gasteiger partial charge in [0.15, 0.2) is 0 Å². The van der Waals surface area contributed by atoms with E-state index in [9.17, 15) is 0 Å². The standard InChI is InChI=1S/C23H26N2O/c1-6-12-25(13-7-1)14-15-26-24-23-19-10-4-2-8-17(19)21-16-22(21)18-9-3-5-11-20(18)23/h2-5,8-11,21-22H,1,6-7,12-16H2. The average molecular weight is 346 g/mol. The lowest BCUT2D eigenvalue weighted by Crippen LogP contribution is -2.32. The molecule has 0 aromatic heterocycles. The van der Waals surface area contributed by atoms with E-state index in [1.807, 2.05) is 0 Å². The second-order valence-electron chi connectivity index (χ2n) is 7.80. The van der Waals surface area contributed by atoms with E-state index in [0.717, 1.165) is 12.3 Å². The summed E-state index contributed by atoms with van der Waals surface area (Å²) in [6.07, 6.45) is 5.27. The molecule has 0 amide bonds. The van der Waals surface area contributed by atoms with Gasteiger partial charge in [0.05, 0.1) is 0 Å². The molecule has 1 saturated heterocycles. The highest BCUT2D eigenvalue weighted by molar-refractivity contribution is 6.15. The van der Waals surface area contributed by atoms with Gasteiger partial charge < -0.3 is 4.84 Å². The molecule has 2 aliphatic carbocycles. The van der Waals surface area contributed by atoms with Crippen molar-refractivity contribution in [3.8, 4) is 0 Å². The molecular weight excluding hydrogens is 320 g/mol. The first kappa shape index (κ1) is 16.1. The third kappa shape index (κ3) is 2.95. The Kier molecular flexibility index (Phi) is 4.25. The van der Waals surface area contributed by atoms with Gasteiger partial charge in [0, 0.05) is 17.7 Å². The number of likely N-dealkylation sites (tertiary alicyclic amines) is 1. The van der Waals surface area contributed by atoms with Crippen molar-refractivity contribution >= 4 is 5.71 Å². The Morgan fingerprint density at radius 1 is 0.846 bits per heavy atom. The predicted molar refractivity (Wildman–Crippen MR) is 105 cm³/mol. The average Bonchev–Trinajstić information content (AvgIpc) is 3.50. The monoisotopic (exact) mass is 346 g/mol. The van der Waals surface area contributed by atoms with E-state index in [0.29, 0.717) is 18.4 Å². The predicted octanol–water partition coefficient (Wildman–Crippen LogP) is 4.53. The Hall–Kier alpha value is -2.13. The summed E-state index contributed by atoms with van der Waals surface area (Å²) in [6.45, 7) is 4.05. The maximum atomic E-state index is 5.84. The van der Waals surface area contributed by atoms with Crippen LogP contribution >= 0.6 is 0 Å². The third-order valence-electron chi connectivity index (χ3n) is 6.12. The van der Waals surface area contributed by atoms with Crippen LogP contribution in [0.2, 0.25) is 0 Å². The topological polar surface area (TPSA) is 24.8 Å². The second kappa shape index (κ2) is 6.88. The molecule has 1 aliphatic heterocycles. The lowest BCUT2D eigenvalue weighted by Gasteiger charge is -2.25. The van der Waals surface area contributed by atoms with Crippen molar-refractivity contribution in [3.63, 3.8) is 0 Å². The van der Waals surface area contributed by atoms with E-state index < -0.39 is 0 Å². The normalized spacial score (nSPS) is 24.1. The van der Waals surface area contributed by atoms with Crippen molar-refractivity contribution in [2.45, 2.75) is 37.5 Å². The molecule has 1 saturated carbocycles. The molecule has 0 bridgehead atoms. The van der Waals surface area contributed by atoms with Crippen LogP contribution in [0.3, 0.4) is 0 Å². The van der Waals surface area contributed by atoms with Crippen LogP contribution in [0.4, 0.5) is 0 Å². The molecule has 3 heteroatoms. The molecule has 2 fully saturated rings. The van der Waals surface area contributed by atoms with Crippen LogP contribution in [0.15, 0.2) is 53.7 Å². The zero-order valence-electron chi connectivity index (χ0n) is 15.2. The maximum Gasteiger partial charge on any atom is 0.129 e. The van der Waals surface area contributed by atoms with Crippen LogP contribution in [-0.4, -0.2) is 36.9 Å². The summed E-state index contributed by atoms with van der Waals surface area (Å²) in [5, 5.41) is 4.66. The third-order valence-corrected chi connectivity index (χ3v) is 6.12. The SMILES string of the molecule is c1ccc2c(c1)C(=NOCCN1CCCCC1)c1ccccc1C1CC21. The lowest BCUT2D eigenvalue weighted by molar-refractivity contribution is 0.103. The molecule has 26 heavy (non-hydrogen) atoms. The molecular formula is C23H26N2O. The van der Waals surface area contributed by atoms with Crippen LogP contribution < -0.4 is 0 Å². The number of oxime groups is 1. The lowest BCUT2D eigenvalue weighted by atomic mass is 9.95. The van der Waals surface area contributed by atoms with E-state index >= 15 is 0 Å². The summed E-state index contributed by atoms with van der Waals surface area (Å²) in [6, 6.07) is 17.5. The van der Waals surface area contributed by atoms with E-state index in [1.165, 1.54) is 61.0 Å². The first-order valence-corrected chi connectivity index (χ1v) is 10.0. The molecule has 2 aromatic rings. The van der Waals surface area contributed by atoms with Gasteiger partial charge in [-0.3, -0.25) is 4.90 Å². The van der Waals surface area contributed by atoms with Gasteiger partial charge in [0.2, 0.25) is 0 Å². The molecule has 1 heterocycles. The molecule has 0 radical (unpaired) electrons. The van der Waals surface area contributed by atoms with E-state index in [4.69, 9.17) is 4.84 Å². The molecule has 0 spiro atoms. The quantitative estimate of drug-likeness (QED) is 0.600. The minimum atomic E-state index is 0.647. The van der Waals surface area contributed by atoms with Gasteiger partial charge in [-0.1, -0.05) is 60.1 Å². The number of fused-ring (bicyclic) bond motifs is 5. The van der Waals surface area contributed by atoms with Crippen molar-refractivity contribution < 1.29 is 4.84 Å². The van der Waals surface area contributed by atoms with E-state index in [1.54, 1.807) is 0 Å². The zero-order chi connectivity index (χ0) is 17.3. The molecule has 3 nitrogen and oxygen atoms in total. The van der Waals surface area contributed by atoms with Gasteiger partial charge in [0.25, 0.3) is 0 Å². The Bertz CT molecular complexity index is 769. The highest BCUT2D eigenvalue weighted by atomic mass is 16.6. The largest absolute Gasteiger partial charge is 0.394 e. The summed E-state index contributed by atoms with van der Waals surface area (Å²) in [7, 11) is 0. The van der Waals surface area contributed by atoms with Gasteiger partial charge in [0.1, 0.15) is 12.3 Å². The summed E-state index contributed by atoms with van der Waals surface area (Å²) in [4.78, 5) is 8.34. The van der Waals surface area contributed by atoms with Gasteiger partial charge in [-0.15, -0.1) is 0 Å². The number of benzene rings is 2. The zero-order valence-corrected chi connectivity index (χ0v) is 15.2. The number of piperidine rings is 1. The first-order valence-electron chi connectivity index (χ1n) is 10.0. The summed E-state index contributed by atoms with van der Waals surface area (Å²) < 4.78 is 0. The molecule has 3 aliphatic rings. The first-order chi connectivity index (χ1) is 12.9. The van der Waals surface area contributed by atoms with Gasteiger partial charge in [-0.05, 0) is 55.3 Å². The van der Waals surface area contributed by atoms with E-state index in [2.05, 4.69) is 58.6 Å². The van der Waals surface area contributed by atoms with Crippen LogP contribution in [0.5, 0.6) is 0 Å². The summed E-state index contributed by atoms with van der Waals surface area (Å²) in [5.74, 6) is 1.29. The molecule has 5 rings (SSSR count). The smallest absolute Gasteiger partial charge is 0.129 e. The fourth-order valence-corrected chi connectivity index (χ4v) is 4.66. The van der Waals surface area contributed by atoms with Crippen LogP contribution in [0.25, 0.3) is 0 Å². The molecule has 134 valence electrons. The number of hydrogen-bond acceptors (Lipinski definition) is 3. The number of rotatable bonds is 4. The molecule has 2 aromatic carbocycles. The van der Waals surface area contributed by atoms with Crippen LogP contribution in [0, 0.1) is 0 Å². The maximum absolute atomic E-state index is 5.84. The minimum Gasteiger partial charge on any atom is -0.394 e. The Morgan fingerprint density at radius 3 is 2.12 bits per heavy atom. The van der Waals surface area contributed by atoms with Crippen molar-refractivity contribution in [1.82, 2.24) is 4.90 Å². The summed E-state index contributed by atoms with van der Waals surface area (Å²) in [5.41, 5.74) is 6.40. The van der Waals surface area contributed by atoms with Crippen molar-refractivity contribution in [2.24, 2.45) is 5.16 Å². The highest BCUT2D eigenvalue weighted by Crippen LogP contribution is 2.58.